The van der Waals surface area contributed by atoms with E-state index in [1.807, 2.05) is 30.3 Å². The summed E-state index contributed by atoms with van der Waals surface area (Å²) in [5.74, 6) is 0.0197. The molecule has 1 unspecified atom stereocenters. The van der Waals surface area contributed by atoms with E-state index >= 15 is 0 Å². The maximum atomic E-state index is 13.7. The maximum Gasteiger partial charge on any atom is 0.126 e. The van der Waals surface area contributed by atoms with Gasteiger partial charge in [0.25, 0.3) is 0 Å². The van der Waals surface area contributed by atoms with E-state index in [9.17, 15) is 9.50 Å². The van der Waals surface area contributed by atoms with Gasteiger partial charge in [0, 0.05) is 12.3 Å². The molecule has 2 aromatic carbocycles. The minimum Gasteiger partial charge on any atom is -0.385 e. The van der Waals surface area contributed by atoms with E-state index in [4.69, 9.17) is 11.6 Å². The molecule has 0 amide bonds. The van der Waals surface area contributed by atoms with E-state index in [-0.39, 0.29) is 12.2 Å². The zero-order valence-electron chi connectivity index (χ0n) is 10.5. The van der Waals surface area contributed by atoms with Gasteiger partial charge in [-0.05, 0) is 23.6 Å². The highest BCUT2D eigenvalue weighted by Crippen LogP contribution is 2.30. The first kappa shape index (κ1) is 14.0. The molecule has 0 heterocycles. The molecule has 0 spiro atoms. The van der Waals surface area contributed by atoms with Crippen molar-refractivity contribution in [1.29, 1.82) is 0 Å². The summed E-state index contributed by atoms with van der Waals surface area (Å²) >= 11 is 5.79. The highest BCUT2D eigenvalue weighted by Gasteiger charge is 2.29. The fourth-order valence-electron chi connectivity index (χ4n) is 2.20. The van der Waals surface area contributed by atoms with Gasteiger partial charge in [0.15, 0.2) is 0 Å². The van der Waals surface area contributed by atoms with Crippen LogP contribution in [0.15, 0.2) is 54.6 Å². The Balaban J connectivity index is 2.33. The van der Waals surface area contributed by atoms with Crippen LogP contribution in [-0.4, -0.2) is 11.0 Å². The second-order valence-corrected chi connectivity index (χ2v) is 4.98. The summed E-state index contributed by atoms with van der Waals surface area (Å²) in [6, 6.07) is 15.8. The summed E-state index contributed by atoms with van der Waals surface area (Å²) in [4.78, 5) is 0. The molecule has 0 fully saturated rings. The van der Waals surface area contributed by atoms with Crippen LogP contribution in [0.3, 0.4) is 0 Å². The largest absolute Gasteiger partial charge is 0.385 e. The normalized spacial score (nSPS) is 14.1. The van der Waals surface area contributed by atoms with Crippen molar-refractivity contribution in [3.63, 3.8) is 0 Å². The Kier molecular flexibility index (Phi) is 4.56. The molecule has 0 aliphatic carbocycles. The third-order valence-electron chi connectivity index (χ3n) is 3.26. The van der Waals surface area contributed by atoms with Gasteiger partial charge < -0.3 is 5.11 Å². The van der Waals surface area contributed by atoms with Gasteiger partial charge in [-0.25, -0.2) is 4.39 Å². The van der Waals surface area contributed by atoms with Crippen LogP contribution in [0.5, 0.6) is 0 Å². The number of benzene rings is 2. The van der Waals surface area contributed by atoms with Crippen LogP contribution < -0.4 is 0 Å². The average molecular weight is 279 g/mol. The monoisotopic (exact) mass is 278 g/mol. The van der Waals surface area contributed by atoms with E-state index in [1.165, 1.54) is 6.07 Å². The molecule has 2 rings (SSSR count). The number of alkyl halides is 1. The Labute approximate surface area is 117 Å². The van der Waals surface area contributed by atoms with E-state index in [2.05, 4.69) is 0 Å². The Morgan fingerprint density at radius 3 is 2.26 bits per heavy atom. The number of halogens is 2. The molecule has 19 heavy (non-hydrogen) atoms. The van der Waals surface area contributed by atoms with Gasteiger partial charge in [0.1, 0.15) is 5.82 Å². The van der Waals surface area contributed by atoms with Gasteiger partial charge in [-0.15, -0.1) is 11.6 Å². The fourth-order valence-corrected chi connectivity index (χ4v) is 2.51. The van der Waals surface area contributed by atoms with Crippen molar-refractivity contribution in [2.24, 2.45) is 0 Å². The molecular weight excluding hydrogens is 263 g/mol. The quantitative estimate of drug-likeness (QED) is 0.823. The second kappa shape index (κ2) is 6.18. The highest BCUT2D eigenvalue weighted by atomic mass is 35.5. The van der Waals surface area contributed by atoms with Crippen molar-refractivity contribution < 1.29 is 9.50 Å². The Hall–Kier alpha value is -1.38. The molecule has 3 heteroatoms. The standard InChI is InChI=1S/C16H16ClFO/c17-11-10-16(19,14-7-2-1-3-8-14)12-13-6-4-5-9-15(13)18/h1-9,19H,10-12H2. The molecule has 1 N–H and O–H groups in total. The molecule has 2 aromatic rings. The number of rotatable bonds is 5. The summed E-state index contributed by atoms with van der Waals surface area (Å²) < 4.78 is 13.7. The van der Waals surface area contributed by atoms with Crippen LogP contribution in [0, 0.1) is 5.82 Å². The van der Waals surface area contributed by atoms with Gasteiger partial charge in [0.2, 0.25) is 0 Å². The first-order chi connectivity index (χ1) is 9.15. The molecule has 0 aliphatic rings. The minimum atomic E-state index is -1.13. The lowest BCUT2D eigenvalue weighted by Gasteiger charge is -2.28. The molecular formula is C16H16ClFO. The highest BCUT2D eigenvalue weighted by molar-refractivity contribution is 6.17. The van der Waals surface area contributed by atoms with E-state index in [0.29, 0.717) is 17.9 Å². The van der Waals surface area contributed by atoms with E-state index in [0.717, 1.165) is 5.56 Å². The second-order valence-electron chi connectivity index (χ2n) is 4.60. The number of aliphatic hydroxyl groups is 1. The first-order valence-electron chi connectivity index (χ1n) is 6.23. The first-order valence-corrected chi connectivity index (χ1v) is 6.76. The summed E-state index contributed by atoms with van der Waals surface area (Å²) in [6.45, 7) is 0. The lowest BCUT2D eigenvalue weighted by Crippen LogP contribution is -2.29. The summed E-state index contributed by atoms with van der Waals surface area (Å²) in [7, 11) is 0. The van der Waals surface area contributed by atoms with Crippen LogP contribution in [0.2, 0.25) is 0 Å². The smallest absolute Gasteiger partial charge is 0.126 e. The fraction of sp³-hybridized carbons (Fsp3) is 0.250. The number of hydrogen-bond acceptors (Lipinski definition) is 1. The van der Waals surface area contributed by atoms with Crippen molar-refractivity contribution in [2.75, 3.05) is 5.88 Å². The Morgan fingerprint density at radius 1 is 1.00 bits per heavy atom. The lowest BCUT2D eigenvalue weighted by atomic mass is 9.85. The van der Waals surface area contributed by atoms with Gasteiger partial charge in [-0.3, -0.25) is 0 Å². The molecule has 0 radical (unpaired) electrons. The topological polar surface area (TPSA) is 20.2 Å². The Morgan fingerprint density at radius 2 is 1.63 bits per heavy atom. The average Bonchev–Trinajstić information content (AvgIpc) is 2.43. The minimum absolute atomic E-state index is 0.219. The predicted molar refractivity (Wildman–Crippen MR) is 75.8 cm³/mol. The zero-order valence-corrected chi connectivity index (χ0v) is 11.3. The molecule has 0 saturated carbocycles. The number of hydrogen-bond donors (Lipinski definition) is 1. The van der Waals surface area contributed by atoms with Crippen LogP contribution in [-0.2, 0) is 12.0 Å². The third-order valence-corrected chi connectivity index (χ3v) is 3.45. The maximum absolute atomic E-state index is 13.7. The molecule has 0 aromatic heterocycles. The molecule has 0 bridgehead atoms. The summed E-state index contributed by atoms with van der Waals surface area (Å²) in [6.07, 6.45) is 0.601. The van der Waals surface area contributed by atoms with Gasteiger partial charge in [-0.1, -0.05) is 48.5 Å². The molecule has 1 atom stereocenters. The zero-order chi connectivity index (χ0) is 13.7. The van der Waals surface area contributed by atoms with E-state index < -0.39 is 5.60 Å². The Bertz CT molecular complexity index is 529. The van der Waals surface area contributed by atoms with Crippen LogP contribution in [0.25, 0.3) is 0 Å². The van der Waals surface area contributed by atoms with Crippen LogP contribution in [0.1, 0.15) is 17.5 Å². The van der Waals surface area contributed by atoms with Gasteiger partial charge >= 0.3 is 0 Å². The summed E-state index contributed by atoms with van der Waals surface area (Å²) in [5, 5.41) is 10.8. The summed E-state index contributed by atoms with van der Waals surface area (Å²) in [5.41, 5.74) is 0.128. The third kappa shape index (κ3) is 3.34. The van der Waals surface area contributed by atoms with Gasteiger partial charge in [-0.2, -0.15) is 0 Å². The molecule has 0 saturated heterocycles. The van der Waals surface area contributed by atoms with Crippen LogP contribution in [0.4, 0.5) is 4.39 Å². The van der Waals surface area contributed by atoms with Crippen molar-refractivity contribution in [3.05, 3.63) is 71.5 Å². The molecule has 1 nitrogen and oxygen atoms in total. The van der Waals surface area contributed by atoms with Crippen LogP contribution >= 0.6 is 11.6 Å². The molecule has 100 valence electrons. The van der Waals surface area contributed by atoms with Crippen molar-refractivity contribution in [2.45, 2.75) is 18.4 Å². The van der Waals surface area contributed by atoms with Gasteiger partial charge in [0.05, 0.1) is 5.60 Å². The van der Waals surface area contributed by atoms with Crippen molar-refractivity contribution in [3.8, 4) is 0 Å². The lowest BCUT2D eigenvalue weighted by molar-refractivity contribution is 0.0328. The SMILES string of the molecule is OC(CCCl)(Cc1ccccc1F)c1ccccc1. The van der Waals surface area contributed by atoms with E-state index in [1.54, 1.807) is 18.2 Å². The van der Waals surface area contributed by atoms with Crippen molar-refractivity contribution >= 4 is 11.6 Å². The van der Waals surface area contributed by atoms with Crippen molar-refractivity contribution in [1.82, 2.24) is 0 Å². The molecule has 0 aliphatic heterocycles. The predicted octanol–water partition coefficient (Wildman–Crippen LogP) is 3.88.